The van der Waals surface area contributed by atoms with E-state index in [1.54, 1.807) is 11.3 Å². The number of nitrogens with zero attached hydrogens (tertiary/aromatic N) is 1. The Morgan fingerprint density at radius 1 is 1.71 bits per heavy atom. The summed E-state index contributed by atoms with van der Waals surface area (Å²) in [6.45, 7) is 2.64. The Hall–Kier alpha value is -0.940. The van der Waals surface area contributed by atoms with Gasteiger partial charge in [-0.1, -0.05) is 6.92 Å². The molecule has 5 heteroatoms. The molecule has 0 amide bonds. The first kappa shape index (κ1) is 11.1. The first-order valence-electron chi connectivity index (χ1n) is 4.58. The van der Waals surface area contributed by atoms with Crippen molar-refractivity contribution in [2.75, 3.05) is 6.54 Å². The average molecular weight is 214 g/mol. The summed E-state index contributed by atoms with van der Waals surface area (Å²) in [6, 6.07) is 0. The lowest BCUT2D eigenvalue weighted by Crippen LogP contribution is -2.21. The van der Waals surface area contributed by atoms with Crippen molar-refractivity contribution in [2.24, 2.45) is 0 Å². The molecule has 78 valence electrons. The largest absolute Gasteiger partial charge is 0.480 e. The number of aromatic nitrogens is 1. The number of carboxylic acids is 1. The van der Waals surface area contributed by atoms with Gasteiger partial charge in [0.1, 0.15) is 0 Å². The van der Waals surface area contributed by atoms with Gasteiger partial charge in [-0.25, -0.2) is 4.98 Å². The molecule has 0 aromatic carbocycles. The lowest BCUT2D eigenvalue weighted by atomic mass is 10.3. The fraction of sp³-hybridized carbons (Fsp3) is 0.556. The summed E-state index contributed by atoms with van der Waals surface area (Å²) in [5.41, 5.74) is 0.930. The summed E-state index contributed by atoms with van der Waals surface area (Å²) >= 11 is 1.63. The van der Waals surface area contributed by atoms with Gasteiger partial charge in [0, 0.05) is 11.9 Å². The van der Waals surface area contributed by atoms with Crippen LogP contribution in [-0.4, -0.2) is 22.6 Å². The van der Waals surface area contributed by atoms with Crippen LogP contribution in [0.15, 0.2) is 5.38 Å². The molecule has 14 heavy (non-hydrogen) atoms. The maximum Gasteiger partial charge on any atom is 0.317 e. The zero-order valence-corrected chi connectivity index (χ0v) is 8.93. The van der Waals surface area contributed by atoms with Gasteiger partial charge < -0.3 is 10.4 Å². The lowest BCUT2D eigenvalue weighted by molar-refractivity contribution is -0.135. The highest BCUT2D eigenvalue weighted by Crippen LogP contribution is 2.11. The van der Waals surface area contributed by atoms with Crippen molar-refractivity contribution in [3.05, 3.63) is 16.1 Å². The molecule has 1 rings (SSSR count). The molecular formula is C9H14N2O2S. The standard InChI is InChI=1S/C9H14N2O2S/c1-2-3-8-11-7(6-14-8)4-10-5-9(12)13/h6,10H,2-5H2,1H3,(H,12,13). The van der Waals surface area contributed by atoms with Crippen molar-refractivity contribution >= 4 is 17.3 Å². The first-order valence-corrected chi connectivity index (χ1v) is 5.46. The van der Waals surface area contributed by atoms with Gasteiger partial charge in [-0.05, 0) is 12.8 Å². The van der Waals surface area contributed by atoms with Crippen molar-refractivity contribution in [2.45, 2.75) is 26.3 Å². The van der Waals surface area contributed by atoms with Crippen LogP contribution in [0.2, 0.25) is 0 Å². The minimum atomic E-state index is -0.839. The van der Waals surface area contributed by atoms with Crippen LogP contribution in [-0.2, 0) is 17.8 Å². The van der Waals surface area contributed by atoms with Gasteiger partial charge in [0.05, 0.1) is 17.2 Å². The monoisotopic (exact) mass is 214 g/mol. The minimum Gasteiger partial charge on any atom is -0.480 e. The van der Waals surface area contributed by atoms with Crippen LogP contribution in [0.4, 0.5) is 0 Å². The number of carbonyl (C=O) groups is 1. The summed E-state index contributed by atoms with van der Waals surface area (Å²) in [6.07, 6.45) is 2.10. The minimum absolute atomic E-state index is 0.0133. The number of aliphatic carboxylic acids is 1. The van der Waals surface area contributed by atoms with Crippen molar-refractivity contribution in [1.82, 2.24) is 10.3 Å². The van der Waals surface area contributed by atoms with E-state index in [2.05, 4.69) is 17.2 Å². The van der Waals surface area contributed by atoms with E-state index in [1.807, 2.05) is 5.38 Å². The number of aryl methyl sites for hydroxylation is 1. The Bertz CT molecular complexity index is 299. The molecule has 0 radical (unpaired) electrons. The molecule has 0 aliphatic heterocycles. The summed E-state index contributed by atoms with van der Waals surface area (Å²) in [5, 5.41) is 14.3. The maximum atomic E-state index is 10.2. The van der Waals surface area contributed by atoms with E-state index in [-0.39, 0.29) is 6.54 Å². The molecule has 0 saturated carbocycles. The van der Waals surface area contributed by atoms with E-state index in [0.717, 1.165) is 23.5 Å². The highest BCUT2D eigenvalue weighted by atomic mass is 32.1. The molecule has 2 N–H and O–H groups in total. The number of rotatable bonds is 6. The van der Waals surface area contributed by atoms with E-state index in [4.69, 9.17) is 5.11 Å². The highest BCUT2D eigenvalue weighted by Gasteiger charge is 2.01. The quantitative estimate of drug-likeness (QED) is 0.748. The molecule has 0 aliphatic rings. The Morgan fingerprint density at radius 2 is 2.50 bits per heavy atom. The summed E-state index contributed by atoms with van der Waals surface area (Å²) in [4.78, 5) is 14.6. The van der Waals surface area contributed by atoms with E-state index >= 15 is 0 Å². The number of carboxylic acid groups (broad SMARTS) is 1. The van der Waals surface area contributed by atoms with E-state index < -0.39 is 5.97 Å². The molecule has 0 saturated heterocycles. The van der Waals surface area contributed by atoms with Gasteiger partial charge >= 0.3 is 5.97 Å². The third-order valence-electron chi connectivity index (χ3n) is 1.65. The zero-order valence-electron chi connectivity index (χ0n) is 8.12. The van der Waals surface area contributed by atoms with Gasteiger partial charge in [0.2, 0.25) is 0 Å². The van der Waals surface area contributed by atoms with Gasteiger partial charge in [-0.2, -0.15) is 0 Å². The van der Waals surface area contributed by atoms with Crippen LogP contribution in [0.1, 0.15) is 24.0 Å². The Morgan fingerprint density at radius 3 is 3.14 bits per heavy atom. The Balaban J connectivity index is 2.32. The lowest BCUT2D eigenvalue weighted by Gasteiger charge is -1.96. The topological polar surface area (TPSA) is 62.2 Å². The van der Waals surface area contributed by atoms with Gasteiger partial charge in [0.15, 0.2) is 0 Å². The van der Waals surface area contributed by atoms with E-state index in [9.17, 15) is 4.79 Å². The van der Waals surface area contributed by atoms with Crippen LogP contribution in [0.3, 0.4) is 0 Å². The smallest absolute Gasteiger partial charge is 0.317 e. The Labute approximate surface area is 87.0 Å². The molecule has 1 aromatic rings. The summed E-state index contributed by atoms with van der Waals surface area (Å²) in [5.74, 6) is -0.839. The predicted molar refractivity (Wildman–Crippen MR) is 55.5 cm³/mol. The van der Waals surface area contributed by atoms with Crippen molar-refractivity contribution in [3.63, 3.8) is 0 Å². The number of hydrogen-bond acceptors (Lipinski definition) is 4. The van der Waals surface area contributed by atoms with Crippen LogP contribution in [0, 0.1) is 0 Å². The third kappa shape index (κ3) is 3.85. The predicted octanol–water partition coefficient (Wildman–Crippen LogP) is 1.27. The molecule has 0 aliphatic carbocycles. The molecule has 0 spiro atoms. The average Bonchev–Trinajstić information content (AvgIpc) is 2.53. The summed E-state index contributed by atoms with van der Waals surface area (Å²) in [7, 11) is 0. The van der Waals surface area contributed by atoms with Crippen molar-refractivity contribution in [1.29, 1.82) is 0 Å². The van der Waals surface area contributed by atoms with Crippen LogP contribution >= 0.6 is 11.3 Å². The number of thiazole rings is 1. The normalized spacial score (nSPS) is 10.4. The molecule has 1 aromatic heterocycles. The molecule has 4 nitrogen and oxygen atoms in total. The van der Waals surface area contributed by atoms with Crippen LogP contribution < -0.4 is 5.32 Å². The van der Waals surface area contributed by atoms with Crippen molar-refractivity contribution in [3.8, 4) is 0 Å². The second kappa shape index (κ2) is 5.72. The van der Waals surface area contributed by atoms with Crippen molar-refractivity contribution < 1.29 is 9.90 Å². The third-order valence-corrected chi connectivity index (χ3v) is 2.60. The molecule has 0 atom stereocenters. The number of hydrogen-bond donors (Lipinski definition) is 2. The van der Waals surface area contributed by atoms with Crippen LogP contribution in [0.25, 0.3) is 0 Å². The van der Waals surface area contributed by atoms with Gasteiger partial charge in [0.25, 0.3) is 0 Å². The van der Waals surface area contributed by atoms with E-state index in [1.165, 1.54) is 0 Å². The second-order valence-electron chi connectivity index (χ2n) is 2.98. The molecule has 0 fully saturated rings. The van der Waals surface area contributed by atoms with Gasteiger partial charge in [-0.15, -0.1) is 11.3 Å². The SMILES string of the molecule is CCCc1nc(CNCC(=O)O)cs1. The number of nitrogens with one attached hydrogen (secondary N) is 1. The van der Waals surface area contributed by atoms with E-state index in [0.29, 0.717) is 6.54 Å². The Kier molecular flexibility index (Phi) is 4.55. The fourth-order valence-electron chi connectivity index (χ4n) is 1.06. The van der Waals surface area contributed by atoms with Crippen LogP contribution in [0.5, 0.6) is 0 Å². The summed E-state index contributed by atoms with van der Waals surface area (Å²) < 4.78 is 0. The molecule has 1 heterocycles. The molecule has 0 bridgehead atoms. The zero-order chi connectivity index (χ0) is 10.4. The first-order chi connectivity index (χ1) is 6.72. The maximum absolute atomic E-state index is 10.2. The second-order valence-corrected chi connectivity index (χ2v) is 3.92. The van der Waals surface area contributed by atoms with Gasteiger partial charge in [-0.3, -0.25) is 4.79 Å². The highest BCUT2D eigenvalue weighted by molar-refractivity contribution is 7.09. The molecule has 0 unspecified atom stereocenters. The molecular weight excluding hydrogens is 200 g/mol. The fourth-order valence-corrected chi connectivity index (χ4v) is 1.96.